The number of hydrogen-bond donors (Lipinski definition) is 3. The van der Waals surface area contributed by atoms with Crippen LogP contribution in [0, 0.1) is 0 Å². The highest BCUT2D eigenvalue weighted by molar-refractivity contribution is 4.93. The average Bonchev–Trinajstić information content (AvgIpc) is 2.19. The monoisotopic (exact) mass is 200 g/mol. The molecule has 0 aromatic heterocycles. The molecule has 1 aliphatic carbocycles. The van der Waals surface area contributed by atoms with Gasteiger partial charge in [-0.05, 0) is 26.2 Å². The van der Waals surface area contributed by atoms with Crippen LogP contribution in [-0.2, 0) is 0 Å². The highest BCUT2D eigenvalue weighted by Crippen LogP contribution is 2.27. The van der Waals surface area contributed by atoms with E-state index in [1.807, 2.05) is 0 Å². The zero-order chi connectivity index (χ0) is 10.4. The van der Waals surface area contributed by atoms with E-state index < -0.39 is 0 Å². The summed E-state index contributed by atoms with van der Waals surface area (Å²) in [5.74, 6) is 0. The Kier molecular flexibility index (Phi) is 4.85. The van der Waals surface area contributed by atoms with E-state index in [9.17, 15) is 0 Å². The van der Waals surface area contributed by atoms with Crippen molar-refractivity contribution in [2.75, 3.05) is 13.2 Å². The van der Waals surface area contributed by atoms with Gasteiger partial charge >= 0.3 is 0 Å². The van der Waals surface area contributed by atoms with E-state index in [-0.39, 0.29) is 12.1 Å². The predicted octanol–water partition coefficient (Wildman–Crippen LogP) is 1.01. The number of aliphatic hydroxyl groups excluding tert-OH is 1. The van der Waals surface area contributed by atoms with Crippen LogP contribution in [0.25, 0.3) is 0 Å². The van der Waals surface area contributed by atoms with E-state index in [1.54, 1.807) is 0 Å². The van der Waals surface area contributed by atoms with Crippen LogP contribution in [0.2, 0.25) is 0 Å². The van der Waals surface area contributed by atoms with Crippen molar-refractivity contribution in [2.24, 2.45) is 5.73 Å². The zero-order valence-electron chi connectivity index (χ0n) is 9.26. The number of rotatable bonds is 5. The van der Waals surface area contributed by atoms with Crippen LogP contribution in [0.1, 0.15) is 45.4 Å². The second kappa shape index (κ2) is 5.69. The second-order valence-corrected chi connectivity index (χ2v) is 4.60. The summed E-state index contributed by atoms with van der Waals surface area (Å²) >= 11 is 0. The molecule has 0 saturated heterocycles. The fourth-order valence-electron chi connectivity index (χ4n) is 2.42. The Balaban J connectivity index is 2.42. The average molecular weight is 200 g/mol. The Labute approximate surface area is 87.1 Å². The van der Waals surface area contributed by atoms with Gasteiger partial charge < -0.3 is 16.2 Å². The Morgan fingerprint density at radius 1 is 1.36 bits per heavy atom. The topological polar surface area (TPSA) is 58.3 Å². The molecule has 3 nitrogen and oxygen atoms in total. The van der Waals surface area contributed by atoms with E-state index in [2.05, 4.69) is 12.2 Å². The van der Waals surface area contributed by atoms with E-state index in [1.165, 1.54) is 32.1 Å². The smallest absolute Gasteiger partial charge is 0.0445 e. The highest BCUT2D eigenvalue weighted by atomic mass is 16.3. The van der Waals surface area contributed by atoms with Crippen molar-refractivity contribution in [3.05, 3.63) is 0 Å². The normalized spacial score (nSPS) is 23.4. The molecule has 4 N–H and O–H groups in total. The molecule has 1 rings (SSSR count). The first-order valence-corrected chi connectivity index (χ1v) is 5.81. The van der Waals surface area contributed by atoms with Crippen molar-refractivity contribution >= 4 is 0 Å². The maximum Gasteiger partial charge on any atom is 0.0445 e. The Hall–Kier alpha value is -0.120. The van der Waals surface area contributed by atoms with Crippen LogP contribution >= 0.6 is 0 Å². The predicted molar refractivity (Wildman–Crippen MR) is 59.2 cm³/mol. The van der Waals surface area contributed by atoms with Crippen LogP contribution in [0.5, 0.6) is 0 Å². The summed E-state index contributed by atoms with van der Waals surface area (Å²) in [5, 5.41) is 12.4. The molecule has 0 spiro atoms. The Bertz CT molecular complexity index is 155. The van der Waals surface area contributed by atoms with Gasteiger partial charge in [0.1, 0.15) is 0 Å². The van der Waals surface area contributed by atoms with Gasteiger partial charge in [-0.25, -0.2) is 0 Å². The number of nitrogens with two attached hydrogens (primary N) is 1. The first kappa shape index (κ1) is 12.0. The largest absolute Gasteiger partial charge is 0.396 e. The second-order valence-electron chi connectivity index (χ2n) is 4.60. The van der Waals surface area contributed by atoms with Crippen molar-refractivity contribution < 1.29 is 5.11 Å². The molecule has 1 fully saturated rings. The molecule has 1 atom stereocenters. The van der Waals surface area contributed by atoms with Crippen molar-refractivity contribution in [1.29, 1.82) is 0 Å². The quantitative estimate of drug-likeness (QED) is 0.621. The van der Waals surface area contributed by atoms with E-state index in [4.69, 9.17) is 10.8 Å². The van der Waals surface area contributed by atoms with Crippen LogP contribution in [0.15, 0.2) is 0 Å². The fourth-order valence-corrected chi connectivity index (χ4v) is 2.42. The lowest BCUT2D eigenvalue weighted by Gasteiger charge is -2.39. The van der Waals surface area contributed by atoms with Crippen LogP contribution in [-0.4, -0.2) is 29.8 Å². The van der Waals surface area contributed by atoms with Gasteiger partial charge in [-0.15, -0.1) is 0 Å². The molecule has 3 heteroatoms. The Morgan fingerprint density at radius 3 is 2.50 bits per heavy atom. The van der Waals surface area contributed by atoms with Gasteiger partial charge in [0.2, 0.25) is 0 Å². The molecule has 0 radical (unpaired) electrons. The summed E-state index contributed by atoms with van der Waals surface area (Å²) < 4.78 is 0. The zero-order valence-corrected chi connectivity index (χ0v) is 9.26. The third kappa shape index (κ3) is 3.23. The molecular formula is C11H24N2O. The third-order valence-electron chi connectivity index (χ3n) is 3.32. The molecule has 1 aliphatic rings. The summed E-state index contributed by atoms with van der Waals surface area (Å²) in [5.41, 5.74) is 6.02. The number of aliphatic hydroxyl groups is 1. The van der Waals surface area contributed by atoms with E-state index in [0.717, 1.165) is 13.0 Å². The lowest BCUT2D eigenvalue weighted by molar-refractivity contribution is 0.195. The first-order valence-electron chi connectivity index (χ1n) is 5.81. The van der Waals surface area contributed by atoms with Gasteiger partial charge in [0.05, 0.1) is 0 Å². The van der Waals surface area contributed by atoms with Gasteiger partial charge in [0.25, 0.3) is 0 Å². The SMILES string of the molecule is CC(CCO)NC1(CN)CCCCC1. The first-order chi connectivity index (χ1) is 6.72. The van der Waals surface area contributed by atoms with Gasteiger partial charge in [0, 0.05) is 24.7 Å². The van der Waals surface area contributed by atoms with Crippen LogP contribution < -0.4 is 11.1 Å². The van der Waals surface area contributed by atoms with Gasteiger partial charge in [-0.3, -0.25) is 0 Å². The van der Waals surface area contributed by atoms with Crippen LogP contribution in [0.4, 0.5) is 0 Å². The van der Waals surface area contributed by atoms with E-state index in [0.29, 0.717) is 6.04 Å². The summed E-state index contributed by atoms with van der Waals surface area (Å²) in [7, 11) is 0. The molecule has 0 aromatic rings. The summed E-state index contributed by atoms with van der Waals surface area (Å²) in [6.07, 6.45) is 7.13. The summed E-state index contributed by atoms with van der Waals surface area (Å²) in [6, 6.07) is 0.377. The van der Waals surface area contributed by atoms with Gasteiger partial charge in [-0.2, -0.15) is 0 Å². The minimum absolute atomic E-state index is 0.160. The number of hydrogen-bond acceptors (Lipinski definition) is 3. The third-order valence-corrected chi connectivity index (χ3v) is 3.32. The van der Waals surface area contributed by atoms with Crippen molar-refractivity contribution in [2.45, 2.75) is 57.0 Å². The lowest BCUT2D eigenvalue weighted by Crippen LogP contribution is -2.55. The maximum absolute atomic E-state index is 8.85. The van der Waals surface area contributed by atoms with Crippen molar-refractivity contribution in [3.8, 4) is 0 Å². The molecule has 0 bridgehead atoms. The molecule has 84 valence electrons. The van der Waals surface area contributed by atoms with Crippen LogP contribution in [0.3, 0.4) is 0 Å². The van der Waals surface area contributed by atoms with Gasteiger partial charge in [-0.1, -0.05) is 19.3 Å². The van der Waals surface area contributed by atoms with E-state index >= 15 is 0 Å². The summed E-state index contributed by atoms with van der Waals surface area (Å²) in [4.78, 5) is 0. The van der Waals surface area contributed by atoms with Crippen molar-refractivity contribution in [1.82, 2.24) is 5.32 Å². The maximum atomic E-state index is 8.85. The molecule has 0 heterocycles. The molecule has 0 aromatic carbocycles. The molecular weight excluding hydrogens is 176 g/mol. The standard InChI is InChI=1S/C11H24N2O/c1-10(5-8-14)13-11(9-12)6-3-2-4-7-11/h10,13-14H,2-9,12H2,1H3. The molecule has 1 saturated carbocycles. The fraction of sp³-hybridized carbons (Fsp3) is 1.00. The Morgan fingerprint density at radius 2 is 2.00 bits per heavy atom. The molecule has 0 amide bonds. The molecule has 14 heavy (non-hydrogen) atoms. The summed E-state index contributed by atoms with van der Waals surface area (Å²) in [6.45, 7) is 3.11. The lowest BCUT2D eigenvalue weighted by atomic mass is 9.81. The number of nitrogens with one attached hydrogen (secondary N) is 1. The van der Waals surface area contributed by atoms with Crippen molar-refractivity contribution in [3.63, 3.8) is 0 Å². The molecule has 1 unspecified atom stereocenters. The minimum Gasteiger partial charge on any atom is -0.396 e. The van der Waals surface area contributed by atoms with Gasteiger partial charge in [0.15, 0.2) is 0 Å². The highest BCUT2D eigenvalue weighted by Gasteiger charge is 2.31. The minimum atomic E-state index is 0.160. The molecule has 0 aliphatic heterocycles.